The number of aliphatic carboxylic acids is 1. The van der Waals surface area contributed by atoms with Crippen LogP contribution in [0, 0.1) is 12.8 Å². The largest absolute Gasteiger partial charge is 0.481 e. The Kier molecular flexibility index (Phi) is 4.99. The Balaban J connectivity index is 1.99. The van der Waals surface area contributed by atoms with Crippen LogP contribution in [-0.4, -0.2) is 28.1 Å². The molecule has 0 spiro atoms. The van der Waals surface area contributed by atoms with Crippen molar-refractivity contribution < 1.29 is 14.7 Å². The first-order valence-corrected chi connectivity index (χ1v) is 7.15. The predicted octanol–water partition coefficient (Wildman–Crippen LogP) is 2.01. The van der Waals surface area contributed by atoms with Gasteiger partial charge in [0.15, 0.2) is 0 Å². The summed E-state index contributed by atoms with van der Waals surface area (Å²) >= 11 is 0. The summed E-state index contributed by atoms with van der Waals surface area (Å²) in [6, 6.07) is 11.2. The Bertz CT molecular complexity index is 676. The second-order valence-corrected chi connectivity index (χ2v) is 5.44. The van der Waals surface area contributed by atoms with Crippen molar-refractivity contribution in [1.29, 1.82) is 0 Å². The van der Waals surface area contributed by atoms with E-state index in [1.165, 1.54) is 0 Å². The molecule has 1 aromatic carbocycles. The summed E-state index contributed by atoms with van der Waals surface area (Å²) in [6.45, 7) is 2.07. The van der Waals surface area contributed by atoms with Gasteiger partial charge < -0.3 is 15.0 Å². The molecule has 0 fully saturated rings. The number of rotatable bonds is 6. The highest BCUT2D eigenvalue weighted by atomic mass is 16.4. The van der Waals surface area contributed by atoms with Crippen molar-refractivity contribution in [2.75, 3.05) is 6.54 Å². The maximum atomic E-state index is 12.0. The van der Waals surface area contributed by atoms with Gasteiger partial charge in [0.2, 0.25) is 0 Å². The molecule has 22 heavy (non-hydrogen) atoms. The van der Waals surface area contributed by atoms with Crippen molar-refractivity contribution in [1.82, 2.24) is 9.88 Å². The van der Waals surface area contributed by atoms with E-state index in [0.29, 0.717) is 12.1 Å². The molecule has 116 valence electrons. The van der Waals surface area contributed by atoms with E-state index < -0.39 is 11.9 Å². The fourth-order valence-electron chi connectivity index (χ4n) is 2.37. The monoisotopic (exact) mass is 300 g/mol. The van der Waals surface area contributed by atoms with Crippen molar-refractivity contribution in [2.45, 2.75) is 13.3 Å². The molecule has 1 amide bonds. The number of carboxylic acids is 1. The van der Waals surface area contributed by atoms with Gasteiger partial charge >= 0.3 is 5.97 Å². The maximum absolute atomic E-state index is 12.0. The standard InChI is InChI=1S/C17H20N2O3/c1-12-5-3-6-13(9-12)10-14(17(21)22)11-18-16(20)15-7-4-8-19(15)2/h3-9,14H,10-11H2,1-2H3,(H,18,20)(H,21,22)/t14-/m0/s1. The quantitative estimate of drug-likeness (QED) is 0.857. The van der Waals surface area contributed by atoms with E-state index in [9.17, 15) is 14.7 Å². The lowest BCUT2D eigenvalue weighted by atomic mass is 9.98. The average Bonchev–Trinajstić information content (AvgIpc) is 2.89. The molecule has 0 aliphatic heterocycles. The number of amides is 1. The van der Waals surface area contributed by atoms with Crippen molar-refractivity contribution in [3.63, 3.8) is 0 Å². The molecular weight excluding hydrogens is 280 g/mol. The third-order valence-electron chi connectivity index (χ3n) is 3.60. The number of benzene rings is 1. The van der Waals surface area contributed by atoms with Crippen LogP contribution in [0.4, 0.5) is 0 Å². The summed E-state index contributed by atoms with van der Waals surface area (Å²) in [4.78, 5) is 23.4. The molecule has 1 aromatic heterocycles. The summed E-state index contributed by atoms with van der Waals surface area (Å²) in [5, 5.41) is 12.0. The Morgan fingerprint density at radius 1 is 1.27 bits per heavy atom. The van der Waals surface area contributed by atoms with Crippen LogP contribution in [0.15, 0.2) is 42.6 Å². The Morgan fingerprint density at radius 3 is 2.64 bits per heavy atom. The van der Waals surface area contributed by atoms with Gasteiger partial charge in [0.25, 0.3) is 5.91 Å². The number of hydrogen-bond donors (Lipinski definition) is 2. The fourth-order valence-corrected chi connectivity index (χ4v) is 2.37. The van der Waals surface area contributed by atoms with Crippen LogP contribution in [0.2, 0.25) is 0 Å². The van der Waals surface area contributed by atoms with Gasteiger partial charge in [-0.25, -0.2) is 0 Å². The highest BCUT2D eigenvalue weighted by Gasteiger charge is 2.20. The minimum atomic E-state index is -0.909. The maximum Gasteiger partial charge on any atom is 0.308 e. The molecule has 0 saturated carbocycles. The van der Waals surface area contributed by atoms with Crippen LogP contribution in [0.25, 0.3) is 0 Å². The van der Waals surface area contributed by atoms with Crippen LogP contribution < -0.4 is 5.32 Å². The van der Waals surface area contributed by atoms with Crippen LogP contribution >= 0.6 is 0 Å². The Labute approximate surface area is 129 Å². The lowest BCUT2D eigenvalue weighted by molar-refractivity contribution is -0.141. The van der Waals surface area contributed by atoms with Crippen LogP contribution in [0.5, 0.6) is 0 Å². The van der Waals surface area contributed by atoms with Crippen LogP contribution in [-0.2, 0) is 18.3 Å². The first kappa shape index (κ1) is 15.8. The lowest BCUT2D eigenvalue weighted by Gasteiger charge is -2.14. The number of aromatic nitrogens is 1. The van der Waals surface area contributed by atoms with Gasteiger partial charge in [0.1, 0.15) is 5.69 Å². The van der Waals surface area contributed by atoms with Gasteiger partial charge in [0.05, 0.1) is 5.92 Å². The molecule has 2 rings (SSSR count). The van der Waals surface area contributed by atoms with Crippen molar-refractivity contribution in [2.24, 2.45) is 13.0 Å². The second-order valence-electron chi connectivity index (χ2n) is 5.44. The SMILES string of the molecule is Cc1cccc(C[C@@H](CNC(=O)c2cccn2C)C(=O)O)c1. The number of nitrogens with zero attached hydrogens (tertiary/aromatic N) is 1. The van der Waals surface area contributed by atoms with Crippen LogP contribution in [0.3, 0.4) is 0 Å². The van der Waals surface area contributed by atoms with Gasteiger partial charge in [-0.05, 0) is 31.0 Å². The fraction of sp³-hybridized carbons (Fsp3) is 0.294. The number of nitrogens with one attached hydrogen (secondary N) is 1. The van der Waals surface area contributed by atoms with Crippen molar-refractivity contribution in [3.8, 4) is 0 Å². The van der Waals surface area contributed by atoms with Gasteiger partial charge in [0, 0.05) is 19.8 Å². The molecule has 0 unspecified atom stereocenters. The molecule has 2 aromatic rings. The molecule has 5 nitrogen and oxygen atoms in total. The summed E-state index contributed by atoms with van der Waals surface area (Å²) in [6.07, 6.45) is 2.17. The van der Waals surface area contributed by atoms with Gasteiger partial charge in [-0.15, -0.1) is 0 Å². The molecule has 1 heterocycles. The van der Waals surface area contributed by atoms with E-state index in [1.54, 1.807) is 29.9 Å². The highest BCUT2D eigenvalue weighted by molar-refractivity contribution is 5.92. The summed E-state index contributed by atoms with van der Waals surface area (Å²) in [5.74, 6) is -1.82. The average molecular weight is 300 g/mol. The minimum Gasteiger partial charge on any atom is -0.481 e. The molecule has 2 N–H and O–H groups in total. The minimum absolute atomic E-state index is 0.104. The molecule has 0 saturated heterocycles. The van der Waals surface area contributed by atoms with E-state index in [-0.39, 0.29) is 12.5 Å². The molecule has 1 atom stereocenters. The van der Waals surface area contributed by atoms with E-state index in [4.69, 9.17) is 0 Å². The Hall–Kier alpha value is -2.56. The topological polar surface area (TPSA) is 71.3 Å². The molecular formula is C17H20N2O3. The third kappa shape index (κ3) is 3.97. The van der Waals surface area contributed by atoms with E-state index in [0.717, 1.165) is 11.1 Å². The third-order valence-corrected chi connectivity index (χ3v) is 3.60. The Morgan fingerprint density at radius 2 is 2.05 bits per heavy atom. The molecule has 0 aliphatic rings. The van der Waals surface area contributed by atoms with Crippen molar-refractivity contribution in [3.05, 3.63) is 59.4 Å². The van der Waals surface area contributed by atoms with E-state index in [2.05, 4.69) is 5.32 Å². The van der Waals surface area contributed by atoms with Gasteiger partial charge in [-0.3, -0.25) is 9.59 Å². The molecule has 0 aliphatic carbocycles. The normalized spacial score (nSPS) is 11.9. The number of carboxylic acid groups (broad SMARTS) is 1. The number of hydrogen-bond acceptors (Lipinski definition) is 2. The zero-order valence-corrected chi connectivity index (χ0v) is 12.7. The lowest BCUT2D eigenvalue weighted by Crippen LogP contribution is -2.34. The summed E-state index contributed by atoms with van der Waals surface area (Å²) < 4.78 is 1.70. The van der Waals surface area contributed by atoms with Gasteiger partial charge in [-0.2, -0.15) is 0 Å². The smallest absolute Gasteiger partial charge is 0.308 e. The van der Waals surface area contributed by atoms with E-state index >= 15 is 0 Å². The first-order chi connectivity index (χ1) is 10.5. The van der Waals surface area contributed by atoms with Crippen molar-refractivity contribution >= 4 is 11.9 Å². The second kappa shape index (κ2) is 6.93. The molecule has 0 radical (unpaired) electrons. The first-order valence-electron chi connectivity index (χ1n) is 7.15. The zero-order valence-electron chi connectivity index (χ0n) is 12.7. The predicted molar refractivity (Wildman–Crippen MR) is 83.8 cm³/mol. The number of carbonyl (C=O) groups excluding carboxylic acids is 1. The summed E-state index contributed by atoms with van der Waals surface area (Å²) in [7, 11) is 1.77. The van der Waals surface area contributed by atoms with Crippen LogP contribution in [0.1, 0.15) is 21.6 Å². The number of carbonyl (C=O) groups is 2. The summed E-state index contributed by atoms with van der Waals surface area (Å²) in [5.41, 5.74) is 2.56. The van der Waals surface area contributed by atoms with Gasteiger partial charge in [-0.1, -0.05) is 29.8 Å². The molecule has 0 bridgehead atoms. The van der Waals surface area contributed by atoms with E-state index in [1.807, 2.05) is 31.2 Å². The highest BCUT2D eigenvalue weighted by Crippen LogP contribution is 2.11. The molecule has 5 heteroatoms. The zero-order chi connectivity index (χ0) is 16.1. The number of aryl methyl sites for hydroxylation is 2.